The van der Waals surface area contributed by atoms with Crippen molar-refractivity contribution < 1.29 is 9.47 Å². The van der Waals surface area contributed by atoms with Crippen LogP contribution in [0, 0.1) is 5.92 Å². The zero-order valence-electron chi connectivity index (χ0n) is 9.96. The van der Waals surface area contributed by atoms with E-state index in [1.807, 2.05) is 0 Å². The van der Waals surface area contributed by atoms with Gasteiger partial charge in [-0.1, -0.05) is 13.3 Å². The number of ether oxygens (including phenoxy) is 2. The maximum absolute atomic E-state index is 5.43. The van der Waals surface area contributed by atoms with Crippen LogP contribution >= 0.6 is 0 Å². The van der Waals surface area contributed by atoms with Gasteiger partial charge in [0.05, 0.1) is 19.8 Å². The molecule has 1 rings (SSSR count). The molecule has 0 amide bonds. The summed E-state index contributed by atoms with van der Waals surface area (Å²) < 4.78 is 10.8. The smallest absolute Gasteiger partial charge is 0.0701 e. The highest BCUT2D eigenvalue weighted by molar-refractivity contribution is 4.74. The second-order valence-electron chi connectivity index (χ2n) is 4.23. The fraction of sp³-hybridized carbons (Fsp3) is 1.00. The average Bonchev–Trinajstić information content (AvgIpc) is 3.05. The SMILES string of the molecule is CCCCOCCOCCNCC1CC1. The molecule has 0 atom stereocenters. The lowest BCUT2D eigenvalue weighted by molar-refractivity contribution is 0.0478. The van der Waals surface area contributed by atoms with Crippen molar-refractivity contribution in [3.63, 3.8) is 0 Å². The zero-order valence-corrected chi connectivity index (χ0v) is 9.96. The molecule has 0 aromatic heterocycles. The van der Waals surface area contributed by atoms with Crippen LogP contribution in [0.15, 0.2) is 0 Å². The van der Waals surface area contributed by atoms with Gasteiger partial charge in [0.1, 0.15) is 0 Å². The van der Waals surface area contributed by atoms with Crippen LogP contribution < -0.4 is 5.32 Å². The number of unbranched alkanes of at least 4 members (excludes halogenated alkanes) is 1. The maximum Gasteiger partial charge on any atom is 0.0701 e. The van der Waals surface area contributed by atoms with E-state index in [0.717, 1.165) is 45.3 Å². The Morgan fingerprint density at radius 2 is 1.80 bits per heavy atom. The predicted octanol–water partition coefficient (Wildman–Crippen LogP) is 1.82. The van der Waals surface area contributed by atoms with Crippen molar-refractivity contribution in [3.05, 3.63) is 0 Å². The van der Waals surface area contributed by atoms with Crippen molar-refractivity contribution in [3.8, 4) is 0 Å². The molecule has 1 aliphatic carbocycles. The fourth-order valence-electron chi connectivity index (χ4n) is 1.34. The van der Waals surface area contributed by atoms with E-state index in [-0.39, 0.29) is 0 Å². The van der Waals surface area contributed by atoms with Crippen LogP contribution in [0.3, 0.4) is 0 Å². The largest absolute Gasteiger partial charge is 0.379 e. The molecular weight excluding hydrogens is 190 g/mol. The molecule has 1 aliphatic rings. The Morgan fingerprint density at radius 3 is 2.47 bits per heavy atom. The Labute approximate surface area is 93.5 Å². The van der Waals surface area contributed by atoms with Crippen LogP contribution in [0.25, 0.3) is 0 Å². The van der Waals surface area contributed by atoms with Crippen LogP contribution in [0.5, 0.6) is 0 Å². The lowest BCUT2D eigenvalue weighted by Gasteiger charge is -2.06. The topological polar surface area (TPSA) is 30.5 Å². The molecule has 0 radical (unpaired) electrons. The second kappa shape index (κ2) is 9.13. The number of hydrogen-bond acceptors (Lipinski definition) is 3. The first-order chi connectivity index (χ1) is 7.43. The van der Waals surface area contributed by atoms with E-state index in [4.69, 9.17) is 9.47 Å². The van der Waals surface area contributed by atoms with Gasteiger partial charge in [0, 0.05) is 13.2 Å². The highest BCUT2D eigenvalue weighted by Gasteiger charge is 2.19. The van der Waals surface area contributed by atoms with E-state index in [9.17, 15) is 0 Å². The van der Waals surface area contributed by atoms with E-state index < -0.39 is 0 Å². The van der Waals surface area contributed by atoms with E-state index in [1.54, 1.807) is 0 Å². The summed E-state index contributed by atoms with van der Waals surface area (Å²) in [5, 5.41) is 3.39. The predicted molar refractivity (Wildman–Crippen MR) is 62.1 cm³/mol. The monoisotopic (exact) mass is 215 g/mol. The molecule has 0 saturated heterocycles. The summed E-state index contributed by atoms with van der Waals surface area (Å²) in [4.78, 5) is 0. The third-order valence-electron chi connectivity index (χ3n) is 2.57. The molecule has 0 heterocycles. The van der Waals surface area contributed by atoms with E-state index in [0.29, 0.717) is 0 Å². The van der Waals surface area contributed by atoms with Gasteiger partial charge < -0.3 is 14.8 Å². The minimum atomic E-state index is 0.731. The van der Waals surface area contributed by atoms with E-state index in [1.165, 1.54) is 25.8 Å². The van der Waals surface area contributed by atoms with Gasteiger partial charge in [-0.15, -0.1) is 0 Å². The quantitative estimate of drug-likeness (QED) is 0.533. The van der Waals surface area contributed by atoms with Gasteiger partial charge in [0.15, 0.2) is 0 Å². The second-order valence-corrected chi connectivity index (χ2v) is 4.23. The van der Waals surface area contributed by atoms with Gasteiger partial charge in [0.2, 0.25) is 0 Å². The number of hydrogen-bond donors (Lipinski definition) is 1. The molecule has 0 unspecified atom stereocenters. The van der Waals surface area contributed by atoms with Crippen LogP contribution in [0.1, 0.15) is 32.6 Å². The van der Waals surface area contributed by atoms with Crippen molar-refractivity contribution in [2.24, 2.45) is 5.92 Å². The Hall–Kier alpha value is -0.120. The summed E-state index contributed by atoms with van der Waals surface area (Å²) in [6, 6.07) is 0. The zero-order chi connectivity index (χ0) is 10.8. The van der Waals surface area contributed by atoms with E-state index >= 15 is 0 Å². The lowest BCUT2D eigenvalue weighted by Crippen LogP contribution is -2.22. The Balaban J connectivity index is 1.62. The molecule has 1 N–H and O–H groups in total. The van der Waals surface area contributed by atoms with Crippen molar-refractivity contribution in [1.82, 2.24) is 5.32 Å². The Kier molecular flexibility index (Phi) is 7.88. The molecule has 0 aliphatic heterocycles. The molecule has 1 saturated carbocycles. The standard InChI is InChI=1S/C12H25NO2/c1-2-3-7-14-9-10-15-8-6-13-11-12-4-5-12/h12-13H,2-11H2,1H3. The van der Waals surface area contributed by atoms with Gasteiger partial charge in [-0.2, -0.15) is 0 Å². The van der Waals surface area contributed by atoms with Gasteiger partial charge in [-0.25, -0.2) is 0 Å². The van der Waals surface area contributed by atoms with Crippen LogP contribution in [-0.2, 0) is 9.47 Å². The van der Waals surface area contributed by atoms with Gasteiger partial charge >= 0.3 is 0 Å². The van der Waals surface area contributed by atoms with Crippen molar-refractivity contribution >= 4 is 0 Å². The van der Waals surface area contributed by atoms with Crippen LogP contribution in [0.4, 0.5) is 0 Å². The molecule has 90 valence electrons. The summed E-state index contributed by atoms with van der Waals surface area (Å²) in [5.74, 6) is 0.961. The molecule has 0 aromatic carbocycles. The van der Waals surface area contributed by atoms with Crippen molar-refractivity contribution in [1.29, 1.82) is 0 Å². The first-order valence-electron chi connectivity index (χ1n) is 6.29. The molecule has 3 nitrogen and oxygen atoms in total. The van der Waals surface area contributed by atoms with Crippen molar-refractivity contribution in [2.75, 3.05) is 39.5 Å². The highest BCUT2D eigenvalue weighted by Crippen LogP contribution is 2.27. The van der Waals surface area contributed by atoms with Gasteiger partial charge in [0.25, 0.3) is 0 Å². The average molecular weight is 215 g/mol. The molecular formula is C12H25NO2. The molecule has 0 spiro atoms. The molecule has 0 bridgehead atoms. The fourth-order valence-corrected chi connectivity index (χ4v) is 1.34. The molecule has 1 fully saturated rings. The first-order valence-corrected chi connectivity index (χ1v) is 6.29. The third-order valence-corrected chi connectivity index (χ3v) is 2.57. The first kappa shape index (κ1) is 12.9. The van der Waals surface area contributed by atoms with Gasteiger partial charge in [-0.05, 0) is 31.7 Å². The van der Waals surface area contributed by atoms with Crippen LogP contribution in [-0.4, -0.2) is 39.5 Å². The number of nitrogens with one attached hydrogen (secondary N) is 1. The minimum Gasteiger partial charge on any atom is -0.379 e. The minimum absolute atomic E-state index is 0.731. The Morgan fingerprint density at radius 1 is 1.07 bits per heavy atom. The summed E-state index contributed by atoms with van der Waals surface area (Å²) in [6.45, 7) is 7.48. The summed E-state index contributed by atoms with van der Waals surface area (Å²) in [6.07, 6.45) is 5.19. The summed E-state index contributed by atoms with van der Waals surface area (Å²) in [5.41, 5.74) is 0. The Bertz CT molecular complexity index is 138. The summed E-state index contributed by atoms with van der Waals surface area (Å²) >= 11 is 0. The molecule has 15 heavy (non-hydrogen) atoms. The van der Waals surface area contributed by atoms with Crippen molar-refractivity contribution in [2.45, 2.75) is 32.6 Å². The molecule has 0 aromatic rings. The van der Waals surface area contributed by atoms with Crippen LogP contribution in [0.2, 0.25) is 0 Å². The van der Waals surface area contributed by atoms with Gasteiger partial charge in [-0.3, -0.25) is 0 Å². The normalized spacial score (nSPS) is 15.8. The third kappa shape index (κ3) is 8.85. The maximum atomic E-state index is 5.43. The lowest BCUT2D eigenvalue weighted by atomic mass is 10.4. The van der Waals surface area contributed by atoms with E-state index in [2.05, 4.69) is 12.2 Å². The highest BCUT2D eigenvalue weighted by atomic mass is 16.5. The summed E-state index contributed by atoms with van der Waals surface area (Å²) in [7, 11) is 0. The number of rotatable bonds is 11. The molecule has 3 heteroatoms.